The monoisotopic (exact) mass is 515 g/mol. The van der Waals surface area contributed by atoms with Gasteiger partial charge < -0.3 is 20.3 Å². The third-order valence-electron chi connectivity index (χ3n) is 4.33. The zero-order valence-corrected chi connectivity index (χ0v) is 19.1. The summed E-state index contributed by atoms with van der Waals surface area (Å²) in [5.41, 5.74) is 2.15. The Morgan fingerprint density at radius 3 is 2.64 bits per heavy atom. The summed E-state index contributed by atoms with van der Waals surface area (Å²) in [6.45, 7) is 7.21. The van der Waals surface area contributed by atoms with Gasteiger partial charge in [-0.3, -0.25) is 0 Å². The number of hydrogen-bond acceptors (Lipinski definition) is 4. The number of morpholine rings is 1. The first kappa shape index (κ1) is 22.7. The molecule has 152 valence electrons. The Morgan fingerprint density at radius 2 is 1.89 bits per heavy atom. The Morgan fingerprint density at radius 1 is 1.14 bits per heavy atom. The molecule has 28 heavy (non-hydrogen) atoms. The molecule has 1 aliphatic rings. The highest BCUT2D eigenvalue weighted by Gasteiger charge is 2.15. The molecule has 0 unspecified atom stereocenters. The summed E-state index contributed by atoms with van der Waals surface area (Å²) in [5.74, 6) is 1.75. The normalized spacial score (nSPS) is 14.4. The third-order valence-corrected chi connectivity index (χ3v) is 4.70. The average molecular weight is 516 g/mol. The zero-order valence-electron chi connectivity index (χ0n) is 16.0. The molecule has 0 atom stereocenters. The van der Waals surface area contributed by atoms with E-state index in [4.69, 9.17) is 21.3 Å². The topological polar surface area (TPSA) is 61.8 Å². The maximum absolute atomic E-state index is 6.24. The van der Waals surface area contributed by atoms with E-state index in [0.29, 0.717) is 13.1 Å². The minimum Gasteiger partial charge on any atom is -0.378 e. The van der Waals surface area contributed by atoms with Crippen LogP contribution in [0.15, 0.2) is 47.6 Å². The molecule has 3 rings (SSSR count). The molecule has 0 aliphatic carbocycles. The van der Waals surface area contributed by atoms with E-state index < -0.39 is 0 Å². The van der Waals surface area contributed by atoms with Crippen molar-refractivity contribution in [3.8, 4) is 0 Å². The van der Waals surface area contributed by atoms with Crippen LogP contribution in [0.2, 0.25) is 5.02 Å². The molecule has 2 heterocycles. The molecular weight excluding hydrogens is 489 g/mol. The minimum atomic E-state index is 0. The summed E-state index contributed by atoms with van der Waals surface area (Å²) in [7, 11) is 0. The fraction of sp³-hybridized carbons (Fsp3) is 0.400. The molecule has 2 aromatic rings. The quantitative estimate of drug-likeness (QED) is 0.351. The van der Waals surface area contributed by atoms with E-state index in [1.54, 1.807) is 0 Å². The highest BCUT2D eigenvalue weighted by atomic mass is 127. The average Bonchev–Trinajstić information content (AvgIpc) is 2.72. The number of aliphatic imine (C=N–C) groups is 1. The van der Waals surface area contributed by atoms with Crippen LogP contribution in [0, 0.1) is 0 Å². The smallest absolute Gasteiger partial charge is 0.191 e. The van der Waals surface area contributed by atoms with E-state index >= 15 is 0 Å². The van der Waals surface area contributed by atoms with Gasteiger partial charge in [0.1, 0.15) is 5.82 Å². The van der Waals surface area contributed by atoms with Crippen molar-refractivity contribution in [2.24, 2.45) is 4.99 Å². The lowest BCUT2D eigenvalue weighted by Crippen LogP contribution is -2.38. The zero-order chi connectivity index (χ0) is 18.9. The fourth-order valence-electron chi connectivity index (χ4n) is 2.94. The Kier molecular flexibility index (Phi) is 9.80. The second-order valence-electron chi connectivity index (χ2n) is 6.23. The van der Waals surface area contributed by atoms with Crippen molar-refractivity contribution in [1.82, 2.24) is 15.6 Å². The Hall–Kier alpha value is -1.58. The molecular formula is C20H27ClIN5O. The van der Waals surface area contributed by atoms with Gasteiger partial charge >= 0.3 is 0 Å². The molecule has 1 saturated heterocycles. The van der Waals surface area contributed by atoms with Gasteiger partial charge in [-0.05, 0) is 24.6 Å². The number of benzene rings is 1. The van der Waals surface area contributed by atoms with Gasteiger partial charge in [0.05, 0.1) is 19.8 Å². The first-order valence-electron chi connectivity index (χ1n) is 9.30. The van der Waals surface area contributed by atoms with E-state index in [1.807, 2.05) is 36.5 Å². The maximum Gasteiger partial charge on any atom is 0.191 e. The summed E-state index contributed by atoms with van der Waals surface area (Å²) < 4.78 is 5.45. The number of halogens is 2. The first-order chi connectivity index (χ1) is 13.3. The molecule has 6 nitrogen and oxygen atoms in total. The van der Waals surface area contributed by atoms with Gasteiger partial charge in [-0.15, -0.1) is 24.0 Å². The van der Waals surface area contributed by atoms with Crippen LogP contribution in [0.5, 0.6) is 0 Å². The van der Waals surface area contributed by atoms with Crippen molar-refractivity contribution >= 4 is 47.4 Å². The predicted octanol–water partition coefficient (Wildman–Crippen LogP) is 3.44. The standard InChI is InChI=1S/C20H26ClN5O.HI/c1-2-22-20(24-14-16-6-3-4-8-18(16)21)25-15-17-7-5-9-23-19(17)26-10-12-27-13-11-26;/h3-9H,2,10-15H2,1H3,(H2,22,24,25);1H. The van der Waals surface area contributed by atoms with E-state index in [1.165, 1.54) is 0 Å². The number of pyridine rings is 1. The van der Waals surface area contributed by atoms with Crippen LogP contribution in [0.25, 0.3) is 0 Å². The molecule has 0 radical (unpaired) electrons. The Labute approximate surface area is 188 Å². The van der Waals surface area contributed by atoms with Crippen LogP contribution in [-0.2, 0) is 17.8 Å². The number of anilines is 1. The fourth-order valence-corrected chi connectivity index (χ4v) is 3.14. The van der Waals surface area contributed by atoms with Crippen LogP contribution in [0.4, 0.5) is 5.82 Å². The molecule has 0 saturated carbocycles. The number of aromatic nitrogens is 1. The number of rotatable bonds is 6. The highest BCUT2D eigenvalue weighted by molar-refractivity contribution is 14.0. The maximum atomic E-state index is 6.24. The van der Waals surface area contributed by atoms with Crippen LogP contribution in [0.3, 0.4) is 0 Å². The van der Waals surface area contributed by atoms with Crippen LogP contribution in [0.1, 0.15) is 18.1 Å². The number of ether oxygens (including phenoxy) is 1. The number of guanidine groups is 1. The van der Waals surface area contributed by atoms with E-state index in [-0.39, 0.29) is 24.0 Å². The van der Waals surface area contributed by atoms with E-state index in [2.05, 4.69) is 33.5 Å². The Bertz CT molecular complexity index is 768. The molecule has 1 aromatic heterocycles. The van der Waals surface area contributed by atoms with Crippen molar-refractivity contribution in [3.05, 3.63) is 58.7 Å². The molecule has 1 aliphatic heterocycles. The van der Waals surface area contributed by atoms with E-state index in [0.717, 1.165) is 60.8 Å². The Balaban J connectivity index is 0.00000280. The van der Waals surface area contributed by atoms with Crippen molar-refractivity contribution in [1.29, 1.82) is 0 Å². The molecule has 1 aromatic carbocycles. The molecule has 0 spiro atoms. The SMILES string of the molecule is CCNC(=NCc1cccnc1N1CCOCC1)NCc1ccccc1Cl.I. The number of nitrogens with one attached hydrogen (secondary N) is 2. The van der Waals surface area contributed by atoms with Gasteiger partial charge in [0.15, 0.2) is 5.96 Å². The highest BCUT2D eigenvalue weighted by Crippen LogP contribution is 2.19. The lowest BCUT2D eigenvalue weighted by Gasteiger charge is -2.29. The van der Waals surface area contributed by atoms with Crippen LogP contribution < -0.4 is 15.5 Å². The summed E-state index contributed by atoms with van der Waals surface area (Å²) >= 11 is 6.24. The van der Waals surface area contributed by atoms with Crippen molar-refractivity contribution in [2.45, 2.75) is 20.0 Å². The van der Waals surface area contributed by atoms with Gasteiger partial charge in [0.2, 0.25) is 0 Å². The lowest BCUT2D eigenvalue weighted by molar-refractivity contribution is 0.122. The number of nitrogens with zero attached hydrogens (tertiary/aromatic N) is 3. The largest absolute Gasteiger partial charge is 0.378 e. The summed E-state index contributed by atoms with van der Waals surface area (Å²) in [4.78, 5) is 11.6. The molecule has 0 bridgehead atoms. The molecule has 8 heteroatoms. The second-order valence-corrected chi connectivity index (χ2v) is 6.63. The van der Waals surface area contributed by atoms with Crippen molar-refractivity contribution in [2.75, 3.05) is 37.7 Å². The summed E-state index contributed by atoms with van der Waals surface area (Å²) in [5, 5.41) is 7.38. The van der Waals surface area contributed by atoms with Crippen molar-refractivity contribution < 1.29 is 4.74 Å². The lowest BCUT2D eigenvalue weighted by atomic mass is 10.2. The van der Waals surface area contributed by atoms with Gasteiger partial charge in [-0.25, -0.2) is 9.98 Å². The van der Waals surface area contributed by atoms with Crippen LogP contribution in [-0.4, -0.2) is 43.8 Å². The van der Waals surface area contributed by atoms with Gasteiger partial charge in [0, 0.05) is 43.0 Å². The third kappa shape index (κ3) is 6.49. The van der Waals surface area contributed by atoms with E-state index in [9.17, 15) is 0 Å². The van der Waals surface area contributed by atoms with Crippen LogP contribution >= 0.6 is 35.6 Å². The minimum absolute atomic E-state index is 0. The summed E-state index contributed by atoms with van der Waals surface area (Å²) in [6.07, 6.45) is 1.83. The van der Waals surface area contributed by atoms with Gasteiger partial charge in [-0.1, -0.05) is 35.9 Å². The van der Waals surface area contributed by atoms with Gasteiger partial charge in [0.25, 0.3) is 0 Å². The number of hydrogen-bond donors (Lipinski definition) is 2. The molecule has 0 amide bonds. The first-order valence-corrected chi connectivity index (χ1v) is 9.68. The molecule has 1 fully saturated rings. The summed E-state index contributed by atoms with van der Waals surface area (Å²) in [6, 6.07) is 11.9. The predicted molar refractivity (Wildman–Crippen MR) is 126 cm³/mol. The van der Waals surface area contributed by atoms with Crippen molar-refractivity contribution in [3.63, 3.8) is 0 Å². The molecule has 2 N–H and O–H groups in total. The second kappa shape index (κ2) is 12.1. The van der Waals surface area contributed by atoms with Gasteiger partial charge in [-0.2, -0.15) is 0 Å².